The monoisotopic (exact) mass is 351 g/mol. The van der Waals surface area contributed by atoms with E-state index >= 15 is 0 Å². The van der Waals surface area contributed by atoms with Crippen molar-refractivity contribution in [2.24, 2.45) is 5.73 Å². The van der Waals surface area contributed by atoms with Crippen molar-refractivity contribution in [2.45, 2.75) is 31.7 Å². The Labute approximate surface area is 147 Å². The molecule has 2 heterocycles. The topological polar surface area (TPSA) is 59.2 Å². The highest BCUT2D eigenvalue weighted by molar-refractivity contribution is 7.09. The summed E-state index contributed by atoms with van der Waals surface area (Å²) in [4.78, 5) is 19.1. The maximum absolute atomic E-state index is 12.7. The molecule has 1 aliphatic rings. The van der Waals surface area contributed by atoms with Crippen LogP contribution in [0, 0.1) is 0 Å². The van der Waals surface area contributed by atoms with E-state index in [1.54, 1.807) is 0 Å². The molecular weight excluding hydrogens is 330 g/mol. The number of nitrogens with zero attached hydrogens (tertiary/aromatic N) is 2. The smallest absolute Gasteiger partial charge is 0.273 e. The summed E-state index contributed by atoms with van der Waals surface area (Å²) in [6, 6.07) is 10.7. The average Bonchev–Trinajstić information content (AvgIpc) is 3.15. The Bertz CT molecular complexity index is 646. The van der Waals surface area contributed by atoms with Crippen molar-refractivity contribution >= 4 is 29.7 Å². The Morgan fingerprint density at radius 3 is 2.83 bits per heavy atom. The molecule has 1 fully saturated rings. The Balaban J connectivity index is 0.00000192. The lowest BCUT2D eigenvalue weighted by Gasteiger charge is -2.24. The summed E-state index contributed by atoms with van der Waals surface area (Å²) in [7, 11) is 0. The molecule has 0 spiro atoms. The van der Waals surface area contributed by atoms with Crippen LogP contribution in [0.4, 0.5) is 0 Å². The molecule has 2 atom stereocenters. The van der Waals surface area contributed by atoms with Crippen LogP contribution in [0.5, 0.6) is 0 Å². The number of carbonyl (C=O) groups is 1. The largest absolute Gasteiger partial charge is 0.334 e. The summed E-state index contributed by atoms with van der Waals surface area (Å²) in [6.07, 6.45) is 1.75. The third-order valence-electron chi connectivity index (χ3n) is 4.37. The first-order valence-corrected chi connectivity index (χ1v) is 8.59. The van der Waals surface area contributed by atoms with E-state index in [9.17, 15) is 4.79 Å². The maximum atomic E-state index is 12.7. The molecule has 2 unspecified atom stereocenters. The molecule has 1 aromatic heterocycles. The van der Waals surface area contributed by atoms with E-state index in [4.69, 9.17) is 5.73 Å². The lowest BCUT2D eigenvalue weighted by molar-refractivity contribution is 0.0737. The van der Waals surface area contributed by atoms with Gasteiger partial charge in [0.1, 0.15) is 5.69 Å². The molecule has 1 saturated heterocycles. The number of amides is 1. The van der Waals surface area contributed by atoms with Gasteiger partial charge in [-0.25, -0.2) is 4.98 Å². The summed E-state index contributed by atoms with van der Waals surface area (Å²) < 4.78 is 0. The zero-order valence-electron chi connectivity index (χ0n) is 13.1. The highest BCUT2D eigenvalue weighted by Crippen LogP contribution is 2.34. The molecule has 2 N–H and O–H groups in total. The molecule has 23 heavy (non-hydrogen) atoms. The molecule has 4 nitrogen and oxygen atoms in total. The van der Waals surface area contributed by atoms with Crippen LogP contribution in [-0.2, 0) is 6.42 Å². The first kappa shape index (κ1) is 17.9. The molecule has 0 bridgehead atoms. The number of nitrogens with two attached hydrogens (primary N) is 1. The van der Waals surface area contributed by atoms with E-state index in [1.807, 2.05) is 16.3 Å². The fraction of sp³-hybridized carbons (Fsp3) is 0.412. The van der Waals surface area contributed by atoms with Crippen molar-refractivity contribution < 1.29 is 4.79 Å². The van der Waals surface area contributed by atoms with E-state index in [1.165, 1.54) is 16.9 Å². The zero-order chi connectivity index (χ0) is 15.5. The Morgan fingerprint density at radius 2 is 2.13 bits per heavy atom. The molecule has 0 aliphatic carbocycles. The van der Waals surface area contributed by atoms with Crippen LogP contribution < -0.4 is 5.73 Å². The zero-order valence-corrected chi connectivity index (χ0v) is 14.8. The number of aromatic nitrogens is 1. The SMILES string of the molecule is CC1C(c2ccccc2)CCN1C(=O)c1csc(CCN)n1.Cl. The van der Waals surface area contributed by atoms with Gasteiger partial charge in [-0.2, -0.15) is 0 Å². The summed E-state index contributed by atoms with van der Waals surface area (Å²) in [5, 5.41) is 2.80. The van der Waals surface area contributed by atoms with Gasteiger partial charge in [-0.05, 0) is 25.5 Å². The average molecular weight is 352 g/mol. The minimum absolute atomic E-state index is 0. The van der Waals surface area contributed by atoms with Gasteiger partial charge in [0.05, 0.1) is 5.01 Å². The second-order valence-corrected chi connectivity index (χ2v) is 6.65. The summed E-state index contributed by atoms with van der Waals surface area (Å²) in [5.41, 5.74) is 7.42. The van der Waals surface area contributed by atoms with Gasteiger partial charge in [-0.15, -0.1) is 23.7 Å². The maximum Gasteiger partial charge on any atom is 0.273 e. The van der Waals surface area contributed by atoms with Crippen molar-refractivity contribution in [3.63, 3.8) is 0 Å². The van der Waals surface area contributed by atoms with Gasteiger partial charge >= 0.3 is 0 Å². The van der Waals surface area contributed by atoms with Crippen LogP contribution in [0.3, 0.4) is 0 Å². The first-order valence-electron chi connectivity index (χ1n) is 7.71. The highest BCUT2D eigenvalue weighted by atomic mass is 35.5. The van der Waals surface area contributed by atoms with Crippen molar-refractivity contribution in [1.82, 2.24) is 9.88 Å². The fourth-order valence-corrected chi connectivity index (χ4v) is 3.95. The lowest BCUT2D eigenvalue weighted by Crippen LogP contribution is -2.35. The molecule has 0 radical (unpaired) electrons. The van der Waals surface area contributed by atoms with E-state index in [0.29, 0.717) is 18.2 Å². The first-order chi connectivity index (χ1) is 10.7. The second-order valence-electron chi connectivity index (χ2n) is 5.71. The van der Waals surface area contributed by atoms with Gasteiger partial charge in [-0.3, -0.25) is 4.79 Å². The predicted molar refractivity (Wildman–Crippen MR) is 96.4 cm³/mol. The molecule has 0 saturated carbocycles. The number of thiazole rings is 1. The minimum Gasteiger partial charge on any atom is -0.334 e. The summed E-state index contributed by atoms with van der Waals surface area (Å²) >= 11 is 1.52. The molecule has 124 valence electrons. The van der Waals surface area contributed by atoms with E-state index in [0.717, 1.165) is 24.4 Å². The van der Waals surface area contributed by atoms with Crippen LogP contribution in [0.25, 0.3) is 0 Å². The van der Waals surface area contributed by atoms with E-state index in [2.05, 4.69) is 36.2 Å². The molecule has 2 aromatic rings. The Kier molecular flexibility index (Phi) is 6.16. The van der Waals surface area contributed by atoms with Crippen molar-refractivity contribution in [3.05, 3.63) is 52.0 Å². The van der Waals surface area contributed by atoms with Crippen LogP contribution in [-0.4, -0.2) is 34.9 Å². The quantitative estimate of drug-likeness (QED) is 0.920. The van der Waals surface area contributed by atoms with Gasteiger partial charge < -0.3 is 10.6 Å². The van der Waals surface area contributed by atoms with E-state index < -0.39 is 0 Å². The van der Waals surface area contributed by atoms with Crippen LogP contribution in [0.1, 0.15) is 40.3 Å². The highest BCUT2D eigenvalue weighted by Gasteiger charge is 2.35. The number of benzene rings is 1. The van der Waals surface area contributed by atoms with Crippen LogP contribution in [0.15, 0.2) is 35.7 Å². The number of rotatable bonds is 4. The predicted octanol–water partition coefficient (Wildman–Crippen LogP) is 3.08. The van der Waals surface area contributed by atoms with Gasteiger partial charge in [0.2, 0.25) is 0 Å². The molecule has 3 rings (SSSR count). The van der Waals surface area contributed by atoms with Crippen molar-refractivity contribution in [2.75, 3.05) is 13.1 Å². The number of hydrogen-bond donors (Lipinski definition) is 1. The number of hydrogen-bond acceptors (Lipinski definition) is 4. The Hall–Kier alpha value is -1.43. The van der Waals surface area contributed by atoms with Gasteiger partial charge in [-0.1, -0.05) is 30.3 Å². The van der Waals surface area contributed by atoms with Gasteiger partial charge in [0.25, 0.3) is 5.91 Å². The molecule has 6 heteroatoms. The van der Waals surface area contributed by atoms with Crippen molar-refractivity contribution in [3.8, 4) is 0 Å². The third-order valence-corrected chi connectivity index (χ3v) is 5.28. The standard InChI is InChI=1S/C17H21N3OS.ClH/c1-12-14(13-5-3-2-4-6-13)8-10-20(12)17(21)15-11-22-16(19-15)7-9-18;/h2-6,11-12,14H,7-10,18H2,1H3;1H. The molecule has 1 amide bonds. The lowest BCUT2D eigenvalue weighted by atomic mass is 9.93. The van der Waals surface area contributed by atoms with Crippen molar-refractivity contribution in [1.29, 1.82) is 0 Å². The normalized spacial score (nSPS) is 20.3. The number of halogens is 1. The van der Waals surface area contributed by atoms with E-state index in [-0.39, 0.29) is 24.4 Å². The molecule has 1 aliphatic heterocycles. The van der Waals surface area contributed by atoms with Crippen LogP contribution in [0.2, 0.25) is 0 Å². The number of likely N-dealkylation sites (tertiary alicyclic amines) is 1. The summed E-state index contributed by atoms with van der Waals surface area (Å²) in [6.45, 7) is 3.50. The summed E-state index contributed by atoms with van der Waals surface area (Å²) in [5.74, 6) is 0.456. The third kappa shape index (κ3) is 3.74. The number of carbonyl (C=O) groups excluding carboxylic acids is 1. The minimum atomic E-state index is 0. The van der Waals surface area contributed by atoms with Gasteiger partial charge in [0, 0.05) is 30.3 Å². The molecular formula is C17H22ClN3OS. The van der Waals surface area contributed by atoms with Crippen LogP contribution >= 0.6 is 23.7 Å². The second kappa shape index (κ2) is 7.90. The fourth-order valence-electron chi connectivity index (χ4n) is 3.17. The molecule has 1 aromatic carbocycles. The Morgan fingerprint density at radius 1 is 1.39 bits per heavy atom. The van der Waals surface area contributed by atoms with Gasteiger partial charge in [0.15, 0.2) is 0 Å².